The Hall–Kier alpha value is -2.08. The fraction of sp³-hybridized carbons (Fsp3) is 0.133. The first kappa shape index (κ1) is 15.3. The van der Waals surface area contributed by atoms with Gasteiger partial charge in [-0.05, 0) is 36.4 Å². The lowest BCUT2D eigenvalue weighted by atomic mass is 10.2. The summed E-state index contributed by atoms with van der Waals surface area (Å²) in [5, 5.41) is 2.72. The highest BCUT2D eigenvalue weighted by Crippen LogP contribution is 2.26. The van der Waals surface area contributed by atoms with E-state index in [0.29, 0.717) is 33.7 Å². The third-order valence-corrected chi connectivity index (χ3v) is 3.42. The number of benzene rings is 2. The third-order valence-electron chi connectivity index (χ3n) is 2.70. The molecule has 0 atom stereocenters. The van der Waals surface area contributed by atoms with E-state index in [1.165, 1.54) is 31.4 Å². The quantitative estimate of drug-likeness (QED) is 0.839. The van der Waals surface area contributed by atoms with Crippen molar-refractivity contribution in [1.29, 1.82) is 0 Å². The molecule has 2 aromatic carbocycles. The number of anilines is 1. The highest BCUT2D eigenvalue weighted by atomic mass is 32.2. The fourth-order valence-electron chi connectivity index (χ4n) is 1.73. The second-order valence-corrected chi connectivity index (χ2v) is 5.12. The minimum absolute atomic E-state index is 0.326. The topological polar surface area (TPSA) is 38.3 Å². The monoisotopic (exact) mass is 309 g/mol. The molecule has 0 saturated heterocycles. The maximum absolute atomic E-state index is 12.2. The number of nitrogens with one attached hydrogen (secondary N) is 1. The number of hydrogen-bond acceptors (Lipinski definition) is 3. The maximum atomic E-state index is 12.2. The molecule has 21 heavy (non-hydrogen) atoms. The van der Waals surface area contributed by atoms with Gasteiger partial charge in [0.05, 0.1) is 12.8 Å². The number of thioether (sulfide) groups is 1. The van der Waals surface area contributed by atoms with Gasteiger partial charge in [0.15, 0.2) is 0 Å². The minimum Gasteiger partial charge on any atom is -0.495 e. The Labute approximate surface area is 125 Å². The molecule has 0 radical (unpaired) electrons. The van der Waals surface area contributed by atoms with Crippen LogP contribution in [-0.2, 0) is 0 Å². The second kappa shape index (κ2) is 7.08. The summed E-state index contributed by atoms with van der Waals surface area (Å²) in [4.78, 5) is 12.5. The smallest absolute Gasteiger partial charge is 0.288 e. The van der Waals surface area contributed by atoms with Crippen LogP contribution in [0.15, 0.2) is 53.4 Å². The molecule has 0 spiro atoms. The molecule has 0 unspecified atom stereocenters. The van der Waals surface area contributed by atoms with E-state index >= 15 is 0 Å². The fourth-order valence-corrected chi connectivity index (χ4v) is 2.23. The SMILES string of the molecule is COc1ccccc1NC(=O)c1ccc(SC(F)F)cc1. The first-order valence-electron chi connectivity index (χ1n) is 6.09. The normalized spacial score (nSPS) is 10.5. The zero-order chi connectivity index (χ0) is 15.2. The number of ether oxygens (including phenoxy) is 1. The van der Waals surface area contributed by atoms with E-state index in [9.17, 15) is 13.6 Å². The van der Waals surface area contributed by atoms with Crippen molar-refractivity contribution in [2.24, 2.45) is 0 Å². The van der Waals surface area contributed by atoms with Crippen LogP contribution in [0.4, 0.5) is 14.5 Å². The van der Waals surface area contributed by atoms with Crippen molar-refractivity contribution in [1.82, 2.24) is 0 Å². The lowest BCUT2D eigenvalue weighted by Crippen LogP contribution is -2.12. The second-order valence-electron chi connectivity index (χ2n) is 4.06. The molecule has 0 fully saturated rings. The summed E-state index contributed by atoms with van der Waals surface area (Å²) in [5.41, 5.74) is 0.940. The Bertz CT molecular complexity index is 617. The Morgan fingerprint density at radius 3 is 2.43 bits per heavy atom. The number of halogens is 2. The van der Waals surface area contributed by atoms with Crippen LogP contribution in [0, 0.1) is 0 Å². The predicted molar refractivity (Wildman–Crippen MR) is 79.3 cm³/mol. The van der Waals surface area contributed by atoms with E-state index < -0.39 is 5.76 Å². The first-order chi connectivity index (χ1) is 10.1. The van der Waals surface area contributed by atoms with Crippen LogP contribution in [0.3, 0.4) is 0 Å². The van der Waals surface area contributed by atoms with Crippen molar-refractivity contribution >= 4 is 23.4 Å². The van der Waals surface area contributed by atoms with Gasteiger partial charge < -0.3 is 10.1 Å². The van der Waals surface area contributed by atoms with E-state index in [0.717, 1.165) is 0 Å². The molecule has 110 valence electrons. The molecule has 2 rings (SSSR count). The number of hydrogen-bond donors (Lipinski definition) is 1. The van der Waals surface area contributed by atoms with Gasteiger partial charge in [0.2, 0.25) is 0 Å². The van der Waals surface area contributed by atoms with Crippen molar-refractivity contribution in [3.8, 4) is 5.75 Å². The molecule has 1 amide bonds. The van der Waals surface area contributed by atoms with Gasteiger partial charge in [-0.15, -0.1) is 0 Å². The summed E-state index contributed by atoms with van der Waals surface area (Å²) >= 11 is 0.444. The first-order valence-corrected chi connectivity index (χ1v) is 6.97. The van der Waals surface area contributed by atoms with Crippen LogP contribution in [0.1, 0.15) is 10.4 Å². The molecule has 3 nitrogen and oxygen atoms in total. The molecule has 0 heterocycles. The Balaban J connectivity index is 2.09. The van der Waals surface area contributed by atoms with Gasteiger partial charge in [-0.25, -0.2) is 0 Å². The highest BCUT2D eigenvalue weighted by Gasteiger charge is 2.10. The van der Waals surface area contributed by atoms with Gasteiger partial charge in [-0.3, -0.25) is 4.79 Å². The Kier molecular flexibility index (Phi) is 5.16. The number of carbonyl (C=O) groups excluding carboxylic acids is 1. The number of methoxy groups -OCH3 is 1. The molecule has 0 bridgehead atoms. The van der Waals surface area contributed by atoms with E-state index in [1.54, 1.807) is 24.3 Å². The summed E-state index contributed by atoms with van der Waals surface area (Å²) in [5.74, 6) is -2.25. The molecular weight excluding hydrogens is 296 g/mol. The van der Waals surface area contributed by atoms with E-state index in [4.69, 9.17) is 4.74 Å². The van der Waals surface area contributed by atoms with Crippen molar-refractivity contribution in [3.63, 3.8) is 0 Å². The van der Waals surface area contributed by atoms with Crippen LogP contribution >= 0.6 is 11.8 Å². The molecular formula is C15H13F2NO2S. The largest absolute Gasteiger partial charge is 0.495 e. The van der Waals surface area contributed by atoms with Crippen LogP contribution in [-0.4, -0.2) is 18.8 Å². The van der Waals surface area contributed by atoms with Crippen LogP contribution in [0.25, 0.3) is 0 Å². The van der Waals surface area contributed by atoms with E-state index in [-0.39, 0.29) is 5.91 Å². The molecule has 2 aromatic rings. The molecule has 0 aliphatic carbocycles. The number of amides is 1. The third kappa shape index (κ3) is 4.19. The van der Waals surface area contributed by atoms with Gasteiger partial charge in [0, 0.05) is 10.5 Å². The van der Waals surface area contributed by atoms with Crippen molar-refractivity contribution < 1.29 is 18.3 Å². The minimum atomic E-state index is -2.47. The lowest BCUT2D eigenvalue weighted by molar-refractivity contribution is 0.102. The average Bonchev–Trinajstić information content (AvgIpc) is 2.48. The standard InChI is InChI=1S/C15H13F2NO2S/c1-20-13-5-3-2-4-12(13)18-14(19)10-6-8-11(9-7-10)21-15(16)17/h2-9,15H,1H3,(H,18,19). The summed E-state index contributed by atoms with van der Waals surface area (Å²) in [6.07, 6.45) is 0. The van der Waals surface area contributed by atoms with Gasteiger partial charge >= 0.3 is 0 Å². The molecule has 0 aliphatic rings. The average molecular weight is 309 g/mol. The van der Waals surface area contributed by atoms with Gasteiger partial charge in [-0.2, -0.15) is 8.78 Å². The van der Waals surface area contributed by atoms with Crippen molar-refractivity contribution in [3.05, 3.63) is 54.1 Å². The summed E-state index contributed by atoms with van der Waals surface area (Å²) in [6.45, 7) is 0. The molecule has 1 N–H and O–H groups in total. The van der Waals surface area contributed by atoms with Gasteiger partial charge in [0.1, 0.15) is 5.75 Å². The lowest BCUT2D eigenvalue weighted by Gasteiger charge is -2.10. The van der Waals surface area contributed by atoms with E-state index in [2.05, 4.69) is 5.32 Å². The number of para-hydroxylation sites is 2. The number of carbonyl (C=O) groups is 1. The molecule has 0 saturated carbocycles. The number of alkyl halides is 2. The summed E-state index contributed by atoms with van der Waals surface area (Å²) in [7, 11) is 1.52. The van der Waals surface area contributed by atoms with Crippen LogP contribution in [0.5, 0.6) is 5.75 Å². The Morgan fingerprint density at radius 2 is 1.81 bits per heavy atom. The van der Waals surface area contributed by atoms with E-state index in [1.807, 2.05) is 0 Å². The zero-order valence-corrected chi connectivity index (χ0v) is 12.0. The maximum Gasteiger partial charge on any atom is 0.288 e. The highest BCUT2D eigenvalue weighted by molar-refractivity contribution is 7.99. The van der Waals surface area contributed by atoms with Crippen molar-refractivity contribution in [2.75, 3.05) is 12.4 Å². The van der Waals surface area contributed by atoms with Gasteiger partial charge in [0.25, 0.3) is 11.7 Å². The molecule has 0 aliphatic heterocycles. The zero-order valence-electron chi connectivity index (χ0n) is 11.2. The summed E-state index contributed by atoms with van der Waals surface area (Å²) < 4.78 is 29.6. The Morgan fingerprint density at radius 1 is 1.14 bits per heavy atom. The number of rotatable bonds is 5. The van der Waals surface area contributed by atoms with Crippen LogP contribution < -0.4 is 10.1 Å². The molecule has 6 heteroatoms. The van der Waals surface area contributed by atoms with Crippen LogP contribution in [0.2, 0.25) is 0 Å². The van der Waals surface area contributed by atoms with Gasteiger partial charge in [-0.1, -0.05) is 23.9 Å². The predicted octanol–water partition coefficient (Wildman–Crippen LogP) is 4.26. The molecule has 0 aromatic heterocycles. The van der Waals surface area contributed by atoms with Crippen molar-refractivity contribution in [2.45, 2.75) is 10.7 Å². The summed E-state index contributed by atoms with van der Waals surface area (Å²) in [6, 6.07) is 13.0.